The molecular weight excluding hydrogens is 556 g/mol. The van der Waals surface area contributed by atoms with Crippen molar-refractivity contribution in [2.75, 3.05) is 0 Å². The van der Waals surface area contributed by atoms with E-state index in [4.69, 9.17) is 0 Å². The van der Waals surface area contributed by atoms with Crippen LogP contribution in [0, 0.1) is 0 Å². The van der Waals surface area contributed by atoms with E-state index >= 15 is 0 Å². The van der Waals surface area contributed by atoms with E-state index in [1.807, 2.05) is 0 Å². The van der Waals surface area contributed by atoms with Crippen LogP contribution in [0.1, 0.15) is 17.9 Å². The van der Waals surface area contributed by atoms with Gasteiger partial charge in [-0.2, -0.15) is 0 Å². The van der Waals surface area contributed by atoms with Gasteiger partial charge in [0.1, 0.15) is 0 Å². The highest BCUT2D eigenvalue weighted by Gasteiger charge is 2.19. The van der Waals surface area contributed by atoms with Crippen LogP contribution in [-0.4, -0.2) is 9.13 Å². The fourth-order valence-electron chi connectivity index (χ4n) is 7.90. The van der Waals surface area contributed by atoms with Gasteiger partial charge in [0.05, 0.1) is 16.6 Å². The first-order chi connectivity index (χ1) is 22.8. The van der Waals surface area contributed by atoms with Gasteiger partial charge in [-0.05, 0) is 82.1 Å². The smallest absolute Gasteiger partial charge is 0.0541 e. The van der Waals surface area contributed by atoms with E-state index in [9.17, 15) is 0 Å². The van der Waals surface area contributed by atoms with Crippen LogP contribution in [0.25, 0.3) is 77.8 Å². The fraction of sp³-hybridized carbons (Fsp3) is 0.0455. The number of aromatic nitrogens is 2. The maximum absolute atomic E-state index is 2.51. The Labute approximate surface area is 266 Å². The second-order valence-corrected chi connectivity index (χ2v) is 12.5. The first-order valence-corrected chi connectivity index (χ1v) is 16.1. The lowest BCUT2D eigenvalue weighted by atomic mass is 9.90. The Morgan fingerprint density at radius 3 is 1.98 bits per heavy atom. The van der Waals surface area contributed by atoms with Gasteiger partial charge in [0.25, 0.3) is 0 Å². The van der Waals surface area contributed by atoms with E-state index in [1.165, 1.54) is 81.8 Å². The molecule has 9 aromatic rings. The Bertz CT molecular complexity index is 2780. The van der Waals surface area contributed by atoms with Crippen LogP contribution >= 0.6 is 0 Å². The number of benzene rings is 7. The van der Waals surface area contributed by atoms with Gasteiger partial charge < -0.3 is 9.13 Å². The van der Waals surface area contributed by atoms with Gasteiger partial charge in [0.15, 0.2) is 0 Å². The summed E-state index contributed by atoms with van der Waals surface area (Å²) in [6.07, 6.45) is 5.94. The van der Waals surface area contributed by atoms with Crippen molar-refractivity contribution in [2.24, 2.45) is 0 Å². The first-order valence-electron chi connectivity index (χ1n) is 16.1. The van der Waals surface area contributed by atoms with Gasteiger partial charge in [-0.15, -0.1) is 0 Å². The molecule has 0 fully saturated rings. The lowest BCUT2D eigenvalue weighted by Crippen LogP contribution is -2.31. The molecule has 1 unspecified atom stereocenters. The molecule has 0 N–H and O–H groups in total. The number of nitrogens with zero attached hydrogens (tertiary/aromatic N) is 2. The van der Waals surface area contributed by atoms with E-state index in [0.717, 1.165) is 6.42 Å². The topological polar surface area (TPSA) is 9.86 Å². The summed E-state index contributed by atoms with van der Waals surface area (Å²) in [5, 5.41) is 11.7. The Balaban J connectivity index is 1.14. The summed E-state index contributed by atoms with van der Waals surface area (Å²) < 4.78 is 4.85. The molecule has 2 heterocycles. The number of fused-ring (bicyclic) bond motifs is 9. The summed E-state index contributed by atoms with van der Waals surface area (Å²) in [4.78, 5) is 0. The Kier molecular flexibility index (Phi) is 5.44. The standard InChI is InChI=1S/C44H30N2/c1-2-11-33(12-3-1)45-41-16-8-6-14-37(41)39-27-30(20-24-43(39)45)31-21-25-44-40(28-31)38-15-7-9-17-42(38)46(44)34-22-23-36-32(26-34)19-18-29-10-4-5-13-35(29)36/h1-20,22-28,31H,21H2. The molecule has 2 heteroatoms. The molecule has 7 aromatic carbocycles. The zero-order chi connectivity index (χ0) is 30.2. The fourth-order valence-corrected chi connectivity index (χ4v) is 7.90. The minimum Gasteiger partial charge on any atom is -0.310 e. The van der Waals surface area contributed by atoms with Crippen LogP contribution in [0.15, 0.2) is 152 Å². The third-order valence-electron chi connectivity index (χ3n) is 10.0. The molecule has 1 atom stereocenters. The molecule has 46 heavy (non-hydrogen) atoms. The second-order valence-electron chi connectivity index (χ2n) is 12.5. The molecule has 2 aromatic heterocycles. The van der Waals surface area contributed by atoms with E-state index < -0.39 is 0 Å². The van der Waals surface area contributed by atoms with Crippen LogP contribution < -0.4 is 10.6 Å². The van der Waals surface area contributed by atoms with Crippen molar-refractivity contribution in [1.82, 2.24) is 9.13 Å². The van der Waals surface area contributed by atoms with Crippen LogP contribution in [-0.2, 0) is 0 Å². The lowest BCUT2D eigenvalue weighted by molar-refractivity contribution is 0.909. The SMILES string of the molecule is C1=c2c(n(-c3ccc4c(ccc5ccccc54)c3)c3ccccc23)=CCC1c1ccc2c(c1)c1ccccc1n2-c1ccccc1. The second kappa shape index (κ2) is 9.82. The predicted octanol–water partition coefficient (Wildman–Crippen LogP) is 9.78. The Morgan fingerprint density at radius 1 is 0.435 bits per heavy atom. The van der Waals surface area contributed by atoms with Crippen molar-refractivity contribution in [1.29, 1.82) is 0 Å². The number of para-hydroxylation sites is 3. The molecule has 216 valence electrons. The maximum Gasteiger partial charge on any atom is 0.0541 e. The van der Waals surface area contributed by atoms with Crippen LogP contribution in [0.2, 0.25) is 0 Å². The first kappa shape index (κ1) is 25.5. The molecule has 0 saturated heterocycles. The van der Waals surface area contributed by atoms with Crippen molar-refractivity contribution in [3.05, 3.63) is 168 Å². The van der Waals surface area contributed by atoms with Gasteiger partial charge in [-0.1, -0.05) is 115 Å². The quantitative estimate of drug-likeness (QED) is 0.182. The zero-order valence-electron chi connectivity index (χ0n) is 25.3. The third kappa shape index (κ3) is 3.71. The molecule has 0 aliphatic heterocycles. The highest BCUT2D eigenvalue weighted by Crippen LogP contribution is 2.36. The molecule has 0 radical (unpaired) electrons. The molecule has 0 spiro atoms. The lowest BCUT2D eigenvalue weighted by Gasteiger charge is -2.16. The van der Waals surface area contributed by atoms with Crippen molar-refractivity contribution in [2.45, 2.75) is 12.3 Å². The van der Waals surface area contributed by atoms with Crippen LogP contribution in [0.4, 0.5) is 0 Å². The van der Waals surface area contributed by atoms with Crippen LogP contribution in [0.3, 0.4) is 0 Å². The summed E-state index contributed by atoms with van der Waals surface area (Å²) >= 11 is 0. The van der Waals surface area contributed by atoms with Crippen molar-refractivity contribution < 1.29 is 0 Å². The van der Waals surface area contributed by atoms with Gasteiger partial charge in [0, 0.05) is 44.0 Å². The number of rotatable bonds is 3. The van der Waals surface area contributed by atoms with E-state index in [2.05, 4.69) is 173 Å². The molecule has 1 aliphatic rings. The Hall–Kier alpha value is -5.86. The molecular formula is C44H30N2. The van der Waals surface area contributed by atoms with Crippen molar-refractivity contribution >= 4 is 66.4 Å². The van der Waals surface area contributed by atoms with E-state index in [0.29, 0.717) is 5.92 Å². The highest BCUT2D eigenvalue weighted by atomic mass is 15.0. The summed E-state index contributed by atoms with van der Waals surface area (Å²) in [5.74, 6) is 0.304. The molecule has 0 amide bonds. The average Bonchev–Trinajstić information content (AvgIpc) is 3.64. The van der Waals surface area contributed by atoms with Gasteiger partial charge in [-0.25, -0.2) is 0 Å². The third-order valence-corrected chi connectivity index (χ3v) is 10.0. The monoisotopic (exact) mass is 586 g/mol. The average molecular weight is 587 g/mol. The normalized spacial score (nSPS) is 14.6. The predicted molar refractivity (Wildman–Crippen MR) is 195 cm³/mol. The van der Waals surface area contributed by atoms with Gasteiger partial charge in [0.2, 0.25) is 0 Å². The van der Waals surface area contributed by atoms with Crippen molar-refractivity contribution in [3.8, 4) is 11.4 Å². The molecule has 10 rings (SSSR count). The minimum absolute atomic E-state index is 0.304. The molecule has 0 saturated carbocycles. The molecule has 0 bridgehead atoms. The van der Waals surface area contributed by atoms with Gasteiger partial charge in [-0.3, -0.25) is 0 Å². The largest absolute Gasteiger partial charge is 0.310 e. The number of hydrogen-bond acceptors (Lipinski definition) is 0. The van der Waals surface area contributed by atoms with E-state index in [1.54, 1.807) is 0 Å². The van der Waals surface area contributed by atoms with Gasteiger partial charge >= 0.3 is 0 Å². The zero-order valence-corrected chi connectivity index (χ0v) is 25.3. The van der Waals surface area contributed by atoms with Crippen molar-refractivity contribution in [3.63, 3.8) is 0 Å². The molecule has 2 nitrogen and oxygen atoms in total. The molecule has 1 aliphatic carbocycles. The van der Waals surface area contributed by atoms with Crippen LogP contribution in [0.5, 0.6) is 0 Å². The Morgan fingerprint density at radius 2 is 1.11 bits per heavy atom. The summed E-state index contributed by atoms with van der Waals surface area (Å²) in [6, 6.07) is 55.6. The number of hydrogen-bond donors (Lipinski definition) is 0. The summed E-state index contributed by atoms with van der Waals surface area (Å²) in [5.41, 5.74) is 7.50. The summed E-state index contributed by atoms with van der Waals surface area (Å²) in [6.45, 7) is 0. The maximum atomic E-state index is 2.51. The summed E-state index contributed by atoms with van der Waals surface area (Å²) in [7, 11) is 0. The van der Waals surface area contributed by atoms with E-state index in [-0.39, 0.29) is 0 Å². The minimum atomic E-state index is 0.304. The highest BCUT2D eigenvalue weighted by molar-refractivity contribution is 6.10.